The Balaban J connectivity index is 2.37. The first kappa shape index (κ1) is 14.8. The molecule has 2 aromatic rings. The van der Waals surface area contributed by atoms with Crippen molar-refractivity contribution in [1.29, 1.82) is 5.26 Å². The molecule has 0 bridgehead atoms. The van der Waals surface area contributed by atoms with E-state index < -0.39 is 17.6 Å². The van der Waals surface area contributed by atoms with Crippen LogP contribution >= 0.6 is 0 Å². The van der Waals surface area contributed by atoms with Crippen molar-refractivity contribution in [3.05, 3.63) is 36.0 Å². The molecule has 108 valence electrons. The average molecular weight is 283 g/mol. The normalized spacial score (nSPS) is 11.9. The number of aryl methyl sites for hydroxylation is 1. The highest BCUT2D eigenvalue weighted by molar-refractivity contribution is 6.17. The Morgan fingerprint density at radius 1 is 1.38 bits per heavy atom. The van der Waals surface area contributed by atoms with Gasteiger partial charge in [0.05, 0.1) is 6.07 Å². The molecule has 0 saturated carbocycles. The van der Waals surface area contributed by atoms with Gasteiger partial charge in [0.1, 0.15) is 0 Å². The number of nitrogens with zero attached hydrogens (tertiary/aromatic N) is 2. The van der Waals surface area contributed by atoms with Crippen molar-refractivity contribution in [3.63, 3.8) is 0 Å². The second-order valence-electron chi connectivity index (χ2n) is 4.88. The van der Waals surface area contributed by atoms with Crippen LogP contribution in [0.15, 0.2) is 30.5 Å². The van der Waals surface area contributed by atoms with E-state index in [-0.39, 0.29) is 0 Å². The summed E-state index contributed by atoms with van der Waals surface area (Å²) in [6, 6.07) is 8.94. The minimum atomic E-state index is -1.30. The van der Waals surface area contributed by atoms with E-state index in [1.54, 1.807) is 12.1 Å². The third-order valence-electron chi connectivity index (χ3n) is 3.40. The first-order valence-electron chi connectivity index (χ1n) is 6.85. The van der Waals surface area contributed by atoms with Crippen molar-refractivity contribution < 1.29 is 9.59 Å². The fraction of sp³-hybridized carbons (Fsp3) is 0.312. The lowest BCUT2D eigenvalue weighted by molar-refractivity contribution is -0.122. The predicted octanol–water partition coefficient (Wildman–Crippen LogP) is 2.03. The molecule has 0 spiro atoms. The number of aromatic nitrogens is 1. The van der Waals surface area contributed by atoms with Gasteiger partial charge in [0.15, 0.2) is 11.7 Å². The third-order valence-corrected chi connectivity index (χ3v) is 3.40. The van der Waals surface area contributed by atoms with Crippen LogP contribution in [0.5, 0.6) is 0 Å². The predicted molar refractivity (Wildman–Crippen MR) is 79.7 cm³/mol. The first-order valence-corrected chi connectivity index (χ1v) is 6.85. The summed E-state index contributed by atoms with van der Waals surface area (Å²) in [4.78, 5) is 24.4. The number of amides is 1. The Kier molecular flexibility index (Phi) is 4.39. The molecule has 1 unspecified atom stereocenters. The molecule has 1 atom stereocenters. The highest BCUT2D eigenvalue weighted by Crippen LogP contribution is 2.22. The van der Waals surface area contributed by atoms with Crippen LogP contribution in [0.25, 0.3) is 10.9 Å². The lowest BCUT2D eigenvalue weighted by atomic mass is 9.95. The Bertz CT molecular complexity index is 725. The number of ketones is 1. The van der Waals surface area contributed by atoms with Crippen molar-refractivity contribution in [2.75, 3.05) is 6.54 Å². The zero-order valence-corrected chi connectivity index (χ0v) is 12.1. The van der Waals surface area contributed by atoms with E-state index in [4.69, 9.17) is 5.26 Å². The zero-order valence-electron chi connectivity index (χ0n) is 12.1. The number of rotatable bonds is 5. The summed E-state index contributed by atoms with van der Waals surface area (Å²) in [6.45, 7) is 2.37. The molecular weight excluding hydrogens is 266 g/mol. The summed E-state index contributed by atoms with van der Waals surface area (Å²) in [5.74, 6) is -2.29. The Labute approximate surface area is 123 Å². The number of hydrogen-bond acceptors (Lipinski definition) is 3. The van der Waals surface area contributed by atoms with E-state index in [1.807, 2.05) is 42.9 Å². The smallest absolute Gasteiger partial charge is 0.245 e. The maximum absolute atomic E-state index is 12.5. The van der Waals surface area contributed by atoms with Crippen molar-refractivity contribution in [3.8, 4) is 6.07 Å². The highest BCUT2D eigenvalue weighted by atomic mass is 16.2. The number of nitriles is 1. The number of benzene rings is 1. The SMILES string of the molecule is CCCNC(=O)C(C#N)C(=O)c1cccc2c1ccn2C. The number of Topliss-reactive ketones (excluding diaryl/α,β-unsaturated/α-hetero) is 1. The molecule has 5 nitrogen and oxygen atoms in total. The van der Waals surface area contributed by atoms with Gasteiger partial charge >= 0.3 is 0 Å². The molecule has 1 heterocycles. The molecule has 0 aliphatic rings. The van der Waals surface area contributed by atoms with E-state index >= 15 is 0 Å². The van der Waals surface area contributed by atoms with Crippen molar-refractivity contribution in [1.82, 2.24) is 9.88 Å². The standard InChI is InChI=1S/C16H17N3O2/c1-3-8-18-16(21)13(10-17)15(20)12-5-4-6-14-11(12)7-9-19(14)2/h4-7,9,13H,3,8H2,1-2H3,(H,18,21). The van der Waals surface area contributed by atoms with Gasteiger partial charge in [0.2, 0.25) is 5.91 Å². The van der Waals surface area contributed by atoms with E-state index in [2.05, 4.69) is 5.32 Å². The Morgan fingerprint density at radius 3 is 2.81 bits per heavy atom. The molecule has 1 amide bonds. The van der Waals surface area contributed by atoms with Crippen molar-refractivity contribution in [2.24, 2.45) is 13.0 Å². The second kappa shape index (κ2) is 6.23. The van der Waals surface area contributed by atoms with Crippen LogP contribution in [-0.4, -0.2) is 22.8 Å². The van der Waals surface area contributed by atoms with Crippen LogP contribution in [0.4, 0.5) is 0 Å². The number of fused-ring (bicyclic) bond motifs is 1. The first-order chi connectivity index (χ1) is 10.1. The van der Waals surface area contributed by atoms with E-state index in [0.717, 1.165) is 17.3 Å². The Hall–Kier alpha value is -2.61. The quantitative estimate of drug-likeness (QED) is 0.674. The molecule has 0 aliphatic carbocycles. The summed E-state index contributed by atoms with van der Waals surface area (Å²) >= 11 is 0. The number of carbonyl (C=O) groups is 2. The lowest BCUT2D eigenvalue weighted by Crippen LogP contribution is -2.35. The van der Waals surface area contributed by atoms with Crippen molar-refractivity contribution in [2.45, 2.75) is 13.3 Å². The summed E-state index contributed by atoms with van der Waals surface area (Å²) in [5, 5.41) is 12.5. The minimum Gasteiger partial charge on any atom is -0.355 e. The molecule has 1 aromatic carbocycles. The van der Waals surface area contributed by atoms with Crippen LogP contribution in [0.2, 0.25) is 0 Å². The third kappa shape index (κ3) is 2.79. The monoisotopic (exact) mass is 283 g/mol. The number of carbonyl (C=O) groups excluding carboxylic acids is 2. The van der Waals surface area contributed by atoms with Crippen molar-refractivity contribution >= 4 is 22.6 Å². The van der Waals surface area contributed by atoms with Crippen LogP contribution in [0.3, 0.4) is 0 Å². The molecule has 1 aromatic heterocycles. The van der Waals surface area contributed by atoms with Gasteiger partial charge in [-0.25, -0.2) is 0 Å². The molecule has 0 radical (unpaired) electrons. The summed E-state index contributed by atoms with van der Waals surface area (Å²) in [6.07, 6.45) is 2.60. The maximum atomic E-state index is 12.5. The van der Waals surface area contributed by atoms with Gasteiger partial charge in [0, 0.05) is 36.3 Å². The highest BCUT2D eigenvalue weighted by Gasteiger charge is 2.28. The second-order valence-corrected chi connectivity index (χ2v) is 4.88. The molecule has 1 N–H and O–H groups in total. The van der Waals surface area contributed by atoms with Gasteiger partial charge in [-0.2, -0.15) is 5.26 Å². The number of hydrogen-bond donors (Lipinski definition) is 1. The Morgan fingerprint density at radius 2 is 2.14 bits per heavy atom. The van der Waals surface area contributed by atoms with E-state index in [1.165, 1.54) is 0 Å². The van der Waals surface area contributed by atoms with Crippen LogP contribution in [-0.2, 0) is 11.8 Å². The summed E-state index contributed by atoms with van der Waals surface area (Å²) in [7, 11) is 1.88. The molecule has 5 heteroatoms. The van der Waals surface area contributed by atoms with Crippen LogP contribution in [0, 0.1) is 17.2 Å². The fourth-order valence-electron chi connectivity index (χ4n) is 2.26. The largest absolute Gasteiger partial charge is 0.355 e. The van der Waals surface area contributed by atoms with Crippen LogP contribution in [0.1, 0.15) is 23.7 Å². The fourth-order valence-corrected chi connectivity index (χ4v) is 2.26. The van der Waals surface area contributed by atoms with E-state index in [0.29, 0.717) is 12.1 Å². The molecule has 21 heavy (non-hydrogen) atoms. The topological polar surface area (TPSA) is 74.9 Å². The number of nitrogens with one attached hydrogen (secondary N) is 1. The van der Waals surface area contributed by atoms with Crippen LogP contribution < -0.4 is 5.32 Å². The van der Waals surface area contributed by atoms with Gasteiger partial charge in [-0.15, -0.1) is 0 Å². The van der Waals surface area contributed by atoms with Gasteiger partial charge < -0.3 is 9.88 Å². The van der Waals surface area contributed by atoms with Gasteiger partial charge in [-0.3, -0.25) is 9.59 Å². The lowest BCUT2D eigenvalue weighted by Gasteiger charge is -2.10. The zero-order chi connectivity index (χ0) is 15.4. The molecule has 0 fully saturated rings. The molecular formula is C16H17N3O2. The molecule has 0 saturated heterocycles. The van der Waals surface area contributed by atoms with Gasteiger partial charge in [-0.1, -0.05) is 19.1 Å². The van der Waals surface area contributed by atoms with E-state index in [9.17, 15) is 9.59 Å². The summed E-state index contributed by atoms with van der Waals surface area (Å²) < 4.78 is 1.89. The maximum Gasteiger partial charge on any atom is 0.245 e. The summed E-state index contributed by atoms with van der Waals surface area (Å²) in [5.41, 5.74) is 1.30. The van der Waals surface area contributed by atoms with Gasteiger partial charge in [-0.05, 0) is 18.6 Å². The minimum absolute atomic E-state index is 0.409. The van der Waals surface area contributed by atoms with Gasteiger partial charge in [0.25, 0.3) is 0 Å². The average Bonchev–Trinajstić information content (AvgIpc) is 2.87. The molecule has 0 aliphatic heterocycles. The molecule has 2 rings (SSSR count).